The summed E-state index contributed by atoms with van der Waals surface area (Å²) in [7, 11) is 1.11. The van der Waals surface area contributed by atoms with Crippen molar-refractivity contribution in [1.82, 2.24) is 0 Å². The SMILES string of the molecule is COc1cc(C(=O)OCC(=O)c2cc(C)ccc2C)c([N+](=O)[O-])cc1OC(F)F. The third-order valence-electron chi connectivity index (χ3n) is 3.94. The summed E-state index contributed by atoms with van der Waals surface area (Å²) in [4.78, 5) is 35.0. The van der Waals surface area contributed by atoms with E-state index in [1.165, 1.54) is 0 Å². The number of nitrogens with zero attached hydrogens (tertiary/aromatic N) is 1. The van der Waals surface area contributed by atoms with Gasteiger partial charge in [-0.25, -0.2) is 4.79 Å². The van der Waals surface area contributed by atoms with Crippen LogP contribution in [0.2, 0.25) is 0 Å². The second-order valence-corrected chi connectivity index (χ2v) is 5.97. The third-order valence-corrected chi connectivity index (χ3v) is 3.94. The smallest absolute Gasteiger partial charge is 0.387 e. The molecule has 0 aliphatic heterocycles. The maximum atomic E-state index is 12.5. The van der Waals surface area contributed by atoms with Crippen molar-refractivity contribution >= 4 is 17.4 Å². The van der Waals surface area contributed by atoms with E-state index in [2.05, 4.69) is 4.74 Å². The molecule has 10 heteroatoms. The van der Waals surface area contributed by atoms with Crippen LogP contribution >= 0.6 is 0 Å². The largest absolute Gasteiger partial charge is 0.493 e. The van der Waals surface area contributed by atoms with Crippen LogP contribution in [0.1, 0.15) is 31.8 Å². The molecule has 2 aromatic carbocycles. The highest BCUT2D eigenvalue weighted by Gasteiger charge is 2.27. The number of ether oxygens (including phenoxy) is 3. The summed E-state index contributed by atoms with van der Waals surface area (Å²) < 4.78 is 38.9. The van der Waals surface area contributed by atoms with E-state index >= 15 is 0 Å². The van der Waals surface area contributed by atoms with E-state index in [4.69, 9.17) is 9.47 Å². The molecule has 29 heavy (non-hydrogen) atoms. The van der Waals surface area contributed by atoms with Gasteiger partial charge in [0.1, 0.15) is 5.56 Å². The van der Waals surface area contributed by atoms with Crippen LogP contribution in [0.5, 0.6) is 11.5 Å². The molecule has 0 bridgehead atoms. The first-order chi connectivity index (χ1) is 13.6. The molecule has 0 atom stereocenters. The summed E-state index contributed by atoms with van der Waals surface area (Å²) in [5.41, 5.74) is 0.469. The van der Waals surface area contributed by atoms with E-state index < -0.39 is 46.9 Å². The Labute approximate surface area is 164 Å². The van der Waals surface area contributed by atoms with Gasteiger partial charge in [0.2, 0.25) is 5.78 Å². The molecule has 0 radical (unpaired) electrons. The van der Waals surface area contributed by atoms with Crippen LogP contribution < -0.4 is 9.47 Å². The molecular weight excluding hydrogens is 392 g/mol. The highest BCUT2D eigenvalue weighted by atomic mass is 19.3. The number of nitro benzene ring substituents is 1. The van der Waals surface area contributed by atoms with Gasteiger partial charge in [-0.05, 0) is 25.5 Å². The maximum Gasteiger partial charge on any atom is 0.387 e. The predicted molar refractivity (Wildman–Crippen MR) is 96.8 cm³/mol. The van der Waals surface area contributed by atoms with E-state index in [-0.39, 0.29) is 5.75 Å². The van der Waals surface area contributed by atoms with Crippen LogP contribution in [0.15, 0.2) is 30.3 Å². The number of ketones is 1. The highest BCUT2D eigenvalue weighted by molar-refractivity contribution is 6.01. The summed E-state index contributed by atoms with van der Waals surface area (Å²) in [5, 5.41) is 11.3. The van der Waals surface area contributed by atoms with Crippen molar-refractivity contribution in [3.8, 4) is 11.5 Å². The van der Waals surface area contributed by atoms with Gasteiger partial charge in [-0.2, -0.15) is 8.78 Å². The molecular formula is C19H17F2NO7. The molecule has 0 N–H and O–H groups in total. The topological polar surface area (TPSA) is 105 Å². The van der Waals surface area contributed by atoms with Gasteiger partial charge in [-0.1, -0.05) is 17.7 Å². The maximum absolute atomic E-state index is 12.5. The zero-order chi connectivity index (χ0) is 21.7. The van der Waals surface area contributed by atoms with Crippen LogP contribution in [0.3, 0.4) is 0 Å². The lowest BCUT2D eigenvalue weighted by Gasteiger charge is -2.12. The minimum atomic E-state index is -3.25. The molecule has 0 spiro atoms. The fraction of sp³-hybridized carbons (Fsp3) is 0.263. The van der Waals surface area contributed by atoms with Gasteiger partial charge in [0.05, 0.1) is 18.1 Å². The van der Waals surface area contributed by atoms with Crippen LogP contribution in [-0.4, -0.2) is 37.0 Å². The number of benzene rings is 2. The van der Waals surface area contributed by atoms with Gasteiger partial charge in [0.15, 0.2) is 18.1 Å². The van der Waals surface area contributed by atoms with Crippen molar-refractivity contribution in [3.05, 3.63) is 62.7 Å². The van der Waals surface area contributed by atoms with Gasteiger partial charge >= 0.3 is 12.6 Å². The number of aryl methyl sites for hydroxylation is 2. The van der Waals surface area contributed by atoms with Crippen LogP contribution in [-0.2, 0) is 4.74 Å². The Bertz CT molecular complexity index is 960. The number of methoxy groups -OCH3 is 1. The molecule has 2 rings (SSSR count). The number of halogens is 2. The number of hydrogen-bond acceptors (Lipinski definition) is 7. The molecule has 0 aliphatic carbocycles. The van der Waals surface area contributed by atoms with Crippen molar-refractivity contribution in [2.24, 2.45) is 0 Å². The van der Waals surface area contributed by atoms with Crippen molar-refractivity contribution < 1.29 is 37.5 Å². The van der Waals surface area contributed by atoms with Crippen LogP contribution in [0.4, 0.5) is 14.5 Å². The number of carbonyl (C=O) groups is 2. The first kappa shape index (κ1) is 21.7. The molecule has 8 nitrogen and oxygen atoms in total. The fourth-order valence-corrected chi connectivity index (χ4v) is 2.53. The van der Waals surface area contributed by atoms with Crippen molar-refractivity contribution in [2.75, 3.05) is 13.7 Å². The van der Waals surface area contributed by atoms with E-state index in [0.717, 1.165) is 18.7 Å². The standard InChI is InChI=1S/C19H17F2NO7/c1-10-4-5-11(2)12(6-10)15(23)9-28-18(24)13-7-16(27-3)17(29-19(20)21)8-14(13)22(25)26/h4-8,19H,9H2,1-3H3. The zero-order valence-corrected chi connectivity index (χ0v) is 15.7. The molecule has 0 unspecified atom stereocenters. The molecule has 0 saturated carbocycles. The number of hydrogen-bond donors (Lipinski definition) is 0. The summed E-state index contributed by atoms with van der Waals surface area (Å²) in [5.74, 6) is -2.62. The first-order valence-corrected chi connectivity index (χ1v) is 8.22. The number of nitro groups is 1. The minimum Gasteiger partial charge on any atom is -0.493 e. The van der Waals surface area contributed by atoms with E-state index in [0.29, 0.717) is 17.2 Å². The van der Waals surface area contributed by atoms with Gasteiger partial charge in [-0.3, -0.25) is 14.9 Å². The Hall–Kier alpha value is -3.56. The molecule has 2 aromatic rings. The Kier molecular flexibility index (Phi) is 6.81. The van der Waals surface area contributed by atoms with Crippen molar-refractivity contribution in [2.45, 2.75) is 20.5 Å². The number of alkyl halides is 2. The Morgan fingerprint density at radius 1 is 1.10 bits per heavy atom. The second-order valence-electron chi connectivity index (χ2n) is 5.97. The molecule has 0 amide bonds. The number of rotatable bonds is 8. The molecule has 0 heterocycles. The fourth-order valence-electron chi connectivity index (χ4n) is 2.53. The lowest BCUT2D eigenvalue weighted by molar-refractivity contribution is -0.385. The summed E-state index contributed by atoms with van der Waals surface area (Å²) in [6.07, 6.45) is 0. The predicted octanol–water partition coefficient (Wildman–Crippen LogP) is 3.86. The number of carbonyl (C=O) groups excluding carboxylic acids is 2. The number of esters is 1. The molecule has 0 aromatic heterocycles. The average molecular weight is 409 g/mol. The van der Waals surface area contributed by atoms with Crippen molar-refractivity contribution in [3.63, 3.8) is 0 Å². The second kappa shape index (κ2) is 9.09. The van der Waals surface area contributed by atoms with Crippen molar-refractivity contribution in [1.29, 1.82) is 0 Å². The van der Waals surface area contributed by atoms with Gasteiger partial charge in [0.25, 0.3) is 5.69 Å². The van der Waals surface area contributed by atoms with E-state index in [9.17, 15) is 28.5 Å². The Morgan fingerprint density at radius 3 is 2.38 bits per heavy atom. The van der Waals surface area contributed by atoms with Gasteiger partial charge in [-0.15, -0.1) is 0 Å². The summed E-state index contributed by atoms with van der Waals surface area (Å²) in [6.45, 7) is -0.401. The van der Waals surface area contributed by atoms with Crippen LogP contribution in [0.25, 0.3) is 0 Å². The number of Topliss-reactive ketones (excluding diaryl/α,β-unsaturated/α-hetero) is 1. The Balaban J connectivity index is 2.28. The molecule has 154 valence electrons. The Morgan fingerprint density at radius 2 is 1.79 bits per heavy atom. The monoisotopic (exact) mass is 409 g/mol. The third kappa shape index (κ3) is 5.24. The quantitative estimate of drug-likeness (QED) is 0.282. The summed E-state index contributed by atoms with van der Waals surface area (Å²) in [6, 6.07) is 6.67. The zero-order valence-electron chi connectivity index (χ0n) is 15.7. The summed E-state index contributed by atoms with van der Waals surface area (Å²) >= 11 is 0. The van der Waals surface area contributed by atoms with Crippen LogP contribution in [0, 0.1) is 24.0 Å². The normalized spacial score (nSPS) is 10.6. The molecule has 0 aliphatic rings. The first-order valence-electron chi connectivity index (χ1n) is 8.22. The van der Waals surface area contributed by atoms with Gasteiger partial charge < -0.3 is 14.2 Å². The minimum absolute atomic E-state index is 0.330. The van der Waals surface area contributed by atoms with E-state index in [1.807, 2.05) is 6.07 Å². The molecule has 0 fully saturated rings. The van der Waals surface area contributed by atoms with E-state index in [1.54, 1.807) is 26.0 Å². The lowest BCUT2D eigenvalue weighted by Crippen LogP contribution is -2.16. The lowest BCUT2D eigenvalue weighted by atomic mass is 10.0. The van der Waals surface area contributed by atoms with Gasteiger partial charge in [0, 0.05) is 11.6 Å². The highest BCUT2D eigenvalue weighted by Crippen LogP contribution is 2.36. The molecule has 0 saturated heterocycles. The average Bonchev–Trinajstić information content (AvgIpc) is 2.66.